The van der Waals surface area contributed by atoms with E-state index in [-0.39, 0.29) is 0 Å². The molecule has 1 aliphatic rings. The second-order valence-electron chi connectivity index (χ2n) is 2.72. The zero-order valence-electron chi connectivity index (χ0n) is 7.32. The standard InChI is InChI=1S/C6H11NO.C2H4O2/c8-6-7-4-2-1-3-5-7;1-2(3)4/h6H,1-5H2;1H3,(H,3,4). The summed E-state index contributed by atoms with van der Waals surface area (Å²) >= 11 is 0. The zero-order chi connectivity index (χ0) is 9.40. The van der Waals surface area contributed by atoms with Crippen molar-refractivity contribution in [2.24, 2.45) is 0 Å². The minimum atomic E-state index is -0.833. The van der Waals surface area contributed by atoms with E-state index in [1.807, 2.05) is 4.90 Å². The Bertz CT molecular complexity index is 137. The summed E-state index contributed by atoms with van der Waals surface area (Å²) in [5.41, 5.74) is 0. The van der Waals surface area contributed by atoms with Crippen LogP contribution < -0.4 is 0 Å². The normalized spacial score (nSPS) is 15.9. The average Bonchev–Trinajstić information content (AvgIpc) is 2.05. The summed E-state index contributed by atoms with van der Waals surface area (Å²) in [5, 5.41) is 7.42. The van der Waals surface area contributed by atoms with Gasteiger partial charge in [0.25, 0.3) is 5.97 Å². The van der Waals surface area contributed by atoms with Crippen molar-refractivity contribution in [1.29, 1.82) is 0 Å². The lowest BCUT2D eigenvalue weighted by Crippen LogP contribution is -2.27. The molecule has 4 nitrogen and oxygen atoms in total. The Balaban J connectivity index is 0.000000261. The maximum Gasteiger partial charge on any atom is 0.300 e. The van der Waals surface area contributed by atoms with Gasteiger partial charge in [-0.15, -0.1) is 0 Å². The second-order valence-corrected chi connectivity index (χ2v) is 2.72. The monoisotopic (exact) mass is 173 g/mol. The van der Waals surface area contributed by atoms with Gasteiger partial charge in [-0.05, 0) is 19.3 Å². The van der Waals surface area contributed by atoms with Crippen molar-refractivity contribution < 1.29 is 14.7 Å². The van der Waals surface area contributed by atoms with Gasteiger partial charge in [-0.2, -0.15) is 0 Å². The number of hydrogen-bond donors (Lipinski definition) is 1. The number of piperidine rings is 1. The maximum absolute atomic E-state index is 10.1. The molecule has 1 heterocycles. The maximum atomic E-state index is 10.1. The van der Waals surface area contributed by atoms with Crippen LogP contribution in [0.15, 0.2) is 0 Å². The molecule has 0 saturated carbocycles. The molecular formula is C8H15NO3. The highest BCUT2D eigenvalue weighted by Gasteiger charge is 2.05. The van der Waals surface area contributed by atoms with Crippen molar-refractivity contribution in [1.82, 2.24) is 4.90 Å². The predicted octanol–water partition coefficient (Wildman–Crippen LogP) is 0.720. The predicted molar refractivity (Wildman–Crippen MR) is 44.8 cm³/mol. The number of amides is 1. The van der Waals surface area contributed by atoms with E-state index in [0.717, 1.165) is 26.4 Å². The van der Waals surface area contributed by atoms with Crippen LogP contribution in [-0.2, 0) is 9.59 Å². The molecule has 0 unspecified atom stereocenters. The van der Waals surface area contributed by atoms with E-state index in [4.69, 9.17) is 9.90 Å². The van der Waals surface area contributed by atoms with Crippen LogP contribution in [0.1, 0.15) is 26.2 Å². The van der Waals surface area contributed by atoms with Gasteiger partial charge in [0.15, 0.2) is 0 Å². The van der Waals surface area contributed by atoms with E-state index in [2.05, 4.69) is 0 Å². The van der Waals surface area contributed by atoms with Gasteiger partial charge < -0.3 is 10.0 Å². The lowest BCUT2D eigenvalue weighted by Gasteiger charge is -2.21. The van der Waals surface area contributed by atoms with Crippen molar-refractivity contribution >= 4 is 12.4 Å². The van der Waals surface area contributed by atoms with E-state index >= 15 is 0 Å². The molecular weight excluding hydrogens is 158 g/mol. The quantitative estimate of drug-likeness (QED) is 0.594. The molecule has 0 radical (unpaired) electrons. The molecule has 1 saturated heterocycles. The van der Waals surface area contributed by atoms with Gasteiger partial charge in [0.1, 0.15) is 0 Å². The molecule has 4 heteroatoms. The first-order chi connectivity index (χ1) is 5.66. The van der Waals surface area contributed by atoms with Crippen LogP contribution in [0.2, 0.25) is 0 Å². The summed E-state index contributed by atoms with van der Waals surface area (Å²) in [4.78, 5) is 20.9. The number of carboxylic acid groups (broad SMARTS) is 1. The lowest BCUT2D eigenvalue weighted by molar-refractivity contribution is -0.134. The molecule has 0 aromatic heterocycles. The van der Waals surface area contributed by atoms with E-state index in [1.165, 1.54) is 19.3 Å². The summed E-state index contributed by atoms with van der Waals surface area (Å²) in [7, 11) is 0. The fraction of sp³-hybridized carbons (Fsp3) is 0.750. The third-order valence-electron chi connectivity index (χ3n) is 1.54. The molecule has 0 aliphatic carbocycles. The zero-order valence-corrected chi connectivity index (χ0v) is 7.32. The van der Waals surface area contributed by atoms with E-state index < -0.39 is 5.97 Å². The summed E-state index contributed by atoms with van der Waals surface area (Å²) in [6.07, 6.45) is 4.63. The molecule has 1 fully saturated rings. The number of carbonyl (C=O) groups is 2. The Kier molecular flexibility index (Phi) is 6.05. The van der Waals surface area contributed by atoms with Gasteiger partial charge in [0.05, 0.1) is 0 Å². The average molecular weight is 173 g/mol. The first-order valence-electron chi connectivity index (χ1n) is 4.05. The molecule has 0 aromatic carbocycles. The molecule has 0 atom stereocenters. The van der Waals surface area contributed by atoms with E-state index in [0.29, 0.717) is 0 Å². The smallest absolute Gasteiger partial charge is 0.300 e. The van der Waals surface area contributed by atoms with E-state index in [9.17, 15) is 4.79 Å². The molecule has 1 amide bonds. The second kappa shape index (κ2) is 6.64. The Morgan fingerprint density at radius 1 is 1.33 bits per heavy atom. The fourth-order valence-corrected chi connectivity index (χ4v) is 1.02. The number of likely N-dealkylation sites (tertiary alicyclic amines) is 1. The Labute approximate surface area is 72.2 Å². The van der Waals surface area contributed by atoms with Gasteiger partial charge in [0.2, 0.25) is 6.41 Å². The number of aliphatic carboxylic acids is 1. The van der Waals surface area contributed by atoms with Crippen molar-refractivity contribution in [3.63, 3.8) is 0 Å². The van der Waals surface area contributed by atoms with Crippen molar-refractivity contribution in [2.45, 2.75) is 26.2 Å². The van der Waals surface area contributed by atoms with E-state index in [1.54, 1.807) is 0 Å². The third-order valence-corrected chi connectivity index (χ3v) is 1.54. The molecule has 1 N–H and O–H groups in total. The van der Waals surface area contributed by atoms with Gasteiger partial charge in [-0.3, -0.25) is 9.59 Å². The highest BCUT2D eigenvalue weighted by Crippen LogP contribution is 2.05. The Hall–Kier alpha value is -1.06. The molecule has 70 valence electrons. The highest BCUT2D eigenvalue weighted by molar-refractivity contribution is 5.62. The van der Waals surface area contributed by atoms with Crippen LogP contribution in [-0.4, -0.2) is 35.5 Å². The summed E-state index contributed by atoms with van der Waals surface area (Å²) < 4.78 is 0. The number of nitrogens with zero attached hydrogens (tertiary/aromatic N) is 1. The molecule has 1 aliphatic heterocycles. The molecule has 0 spiro atoms. The topological polar surface area (TPSA) is 57.6 Å². The minimum absolute atomic E-state index is 0.833. The van der Waals surface area contributed by atoms with Crippen LogP contribution >= 0.6 is 0 Å². The van der Waals surface area contributed by atoms with Crippen LogP contribution in [0, 0.1) is 0 Å². The lowest BCUT2D eigenvalue weighted by atomic mass is 10.1. The number of hydrogen-bond acceptors (Lipinski definition) is 2. The molecule has 0 aromatic rings. The van der Waals surface area contributed by atoms with Crippen LogP contribution in [0.3, 0.4) is 0 Å². The van der Waals surface area contributed by atoms with Gasteiger partial charge in [-0.25, -0.2) is 0 Å². The molecule has 1 rings (SSSR count). The minimum Gasteiger partial charge on any atom is -0.481 e. The summed E-state index contributed by atoms with van der Waals surface area (Å²) in [5.74, 6) is -0.833. The Morgan fingerprint density at radius 3 is 2.00 bits per heavy atom. The van der Waals surface area contributed by atoms with Crippen molar-refractivity contribution in [2.75, 3.05) is 13.1 Å². The fourth-order valence-electron chi connectivity index (χ4n) is 1.02. The first-order valence-corrected chi connectivity index (χ1v) is 4.05. The highest BCUT2D eigenvalue weighted by atomic mass is 16.4. The summed E-state index contributed by atoms with van der Waals surface area (Å²) in [6.45, 7) is 3.03. The van der Waals surface area contributed by atoms with Crippen molar-refractivity contribution in [3.8, 4) is 0 Å². The first kappa shape index (κ1) is 10.9. The van der Waals surface area contributed by atoms with Crippen LogP contribution in [0.5, 0.6) is 0 Å². The summed E-state index contributed by atoms with van der Waals surface area (Å²) in [6, 6.07) is 0. The third kappa shape index (κ3) is 7.05. The number of rotatable bonds is 1. The van der Waals surface area contributed by atoms with Gasteiger partial charge >= 0.3 is 0 Å². The van der Waals surface area contributed by atoms with Crippen LogP contribution in [0.25, 0.3) is 0 Å². The van der Waals surface area contributed by atoms with Crippen molar-refractivity contribution in [3.05, 3.63) is 0 Å². The van der Waals surface area contributed by atoms with Gasteiger partial charge in [-0.1, -0.05) is 0 Å². The molecule has 0 bridgehead atoms. The number of carboxylic acids is 1. The van der Waals surface area contributed by atoms with Crippen LogP contribution in [0.4, 0.5) is 0 Å². The largest absolute Gasteiger partial charge is 0.481 e. The van der Waals surface area contributed by atoms with Gasteiger partial charge in [0, 0.05) is 20.0 Å². The molecule has 12 heavy (non-hydrogen) atoms. The Morgan fingerprint density at radius 2 is 1.75 bits per heavy atom. The SMILES string of the molecule is CC(=O)O.O=CN1CCCCC1. The number of carbonyl (C=O) groups excluding carboxylic acids is 1.